The fraction of sp³-hybridized carbons (Fsp3) is 0.500. The van der Waals surface area contributed by atoms with Crippen LogP contribution in [0.4, 0.5) is 0 Å². The first-order valence-corrected chi connectivity index (χ1v) is 9.82. The summed E-state index contributed by atoms with van der Waals surface area (Å²) in [6, 6.07) is 7.79. The highest BCUT2D eigenvalue weighted by molar-refractivity contribution is 7.98. The normalized spacial score (nSPS) is 12.9. The largest absolute Gasteiger partial charge is 0.355 e. The summed E-state index contributed by atoms with van der Waals surface area (Å²) in [6.45, 7) is 0.317. The van der Waals surface area contributed by atoms with Crippen molar-refractivity contribution in [3.8, 4) is 0 Å². The lowest BCUT2D eigenvalue weighted by Gasteiger charge is -2.11. The summed E-state index contributed by atoms with van der Waals surface area (Å²) in [5.41, 5.74) is 5.72. The molecule has 1 atom stereocenters. The second-order valence-corrected chi connectivity index (χ2v) is 7.76. The Morgan fingerprint density at radius 1 is 1.33 bits per heavy atom. The molecule has 0 aliphatic carbocycles. The quantitative estimate of drug-likeness (QED) is 0.661. The van der Waals surface area contributed by atoms with Gasteiger partial charge in [-0.05, 0) is 37.0 Å². The summed E-state index contributed by atoms with van der Waals surface area (Å²) in [5, 5.41) is 2.68. The van der Waals surface area contributed by atoms with Crippen molar-refractivity contribution >= 4 is 27.5 Å². The number of hydrogen-bond acceptors (Lipinski definition) is 5. The molecule has 0 unspecified atom stereocenters. The number of sulfone groups is 1. The molecule has 3 N–H and O–H groups in total. The minimum atomic E-state index is -3.28. The Bertz CT molecular complexity index is 532. The van der Waals surface area contributed by atoms with Gasteiger partial charge >= 0.3 is 0 Å². The zero-order valence-corrected chi connectivity index (χ0v) is 13.8. The first-order chi connectivity index (χ1) is 9.97. The fourth-order valence-electron chi connectivity index (χ4n) is 1.73. The summed E-state index contributed by atoms with van der Waals surface area (Å²) < 4.78 is 24.0. The molecule has 0 saturated heterocycles. The third-order valence-corrected chi connectivity index (χ3v) is 5.42. The lowest BCUT2D eigenvalue weighted by Crippen LogP contribution is -2.41. The standard InChI is InChI=1S/C14H22N2O3S2/c1-20-10-8-13(15)14(17)16-9-5-11-21(18,19)12-6-3-2-4-7-12/h2-4,6-7,13H,5,8-11,15H2,1H3,(H,16,17)/t13-/m0/s1. The maximum absolute atomic E-state index is 12.0. The van der Waals surface area contributed by atoms with E-state index in [1.807, 2.05) is 6.26 Å². The molecule has 5 nitrogen and oxygen atoms in total. The Kier molecular flexibility index (Phi) is 7.77. The van der Waals surface area contributed by atoms with Crippen LogP contribution in [-0.2, 0) is 14.6 Å². The van der Waals surface area contributed by atoms with Crippen molar-refractivity contribution in [2.45, 2.75) is 23.8 Å². The molecule has 1 aromatic rings. The zero-order chi connectivity index (χ0) is 15.7. The minimum Gasteiger partial charge on any atom is -0.355 e. The van der Waals surface area contributed by atoms with E-state index in [4.69, 9.17) is 5.73 Å². The molecular formula is C14H22N2O3S2. The molecule has 118 valence electrons. The lowest BCUT2D eigenvalue weighted by molar-refractivity contribution is -0.122. The van der Waals surface area contributed by atoms with E-state index >= 15 is 0 Å². The Morgan fingerprint density at radius 3 is 2.62 bits per heavy atom. The second-order valence-electron chi connectivity index (χ2n) is 4.66. The molecule has 1 aromatic carbocycles. The van der Waals surface area contributed by atoms with Crippen molar-refractivity contribution < 1.29 is 13.2 Å². The number of nitrogens with two attached hydrogens (primary N) is 1. The SMILES string of the molecule is CSCC[C@H](N)C(=O)NCCCS(=O)(=O)c1ccccc1. The van der Waals surface area contributed by atoms with Gasteiger partial charge in [-0.1, -0.05) is 18.2 Å². The van der Waals surface area contributed by atoms with Crippen LogP contribution in [0.2, 0.25) is 0 Å². The van der Waals surface area contributed by atoms with Crippen molar-refractivity contribution in [3.05, 3.63) is 30.3 Å². The van der Waals surface area contributed by atoms with Crippen LogP contribution >= 0.6 is 11.8 Å². The van der Waals surface area contributed by atoms with Gasteiger partial charge in [0.05, 0.1) is 16.7 Å². The third kappa shape index (κ3) is 6.50. The Morgan fingerprint density at radius 2 is 2.00 bits per heavy atom. The number of amides is 1. The molecular weight excluding hydrogens is 308 g/mol. The molecule has 0 saturated carbocycles. The molecule has 0 fully saturated rings. The first-order valence-electron chi connectivity index (χ1n) is 6.77. The molecule has 21 heavy (non-hydrogen) atoms. The molecule has 1 amide bonds. The van der Waals surface area contributed by atoms with E-state index in [2.05, 4.69) is 5.32 Å². The summed E-state index contributed by atoms with van der Waals surface area (Å²) in [6.07, 6.45) is 2.95. The van der Waals surface area contributed by atoms with Crippen LogP contribution in [0.5, 0.6) is 0 Å². The van der Waals surface area contributed by atoms with Gasteiger partial charge in [0, 0.05) is 6.54 Å². The number of rotatable bonds is 9. The highest BCUT2D eigenvalue weighted by Gasteiger charge is 2.15. The summed E-state index contributed by atoms with van der Waals surface area (Å²) >= 11 is 1.64. The molecule has 0 aliphatic heterocycles. The van der Waals surface area contributed by atoms with Crippen molar-refractivity contribution in [3.63, 3.8) is 0 Å². The minimum absolute atomic E-state index is 0.0113. The first kappa shape index (κ1) is 18.0. The van der Waals surface area contributed by atoms with Gasteiger partial charge in [0.15, 0.2) is 9.84 Å². The van der Waals surface area contributed by atoms with Gasteiger partial charge in [-0.15, -0.1) is 0 Å². The lowest BCUT2D eigenvalue weighted by atomic mass is 10.2. The van der Waals surface area contributed by atoms with E-state index < -0.39 is 15.9 Å². The van der Waals surface area contributed by atoms with Crippen molar-refractivity contribution in [2.75, 3.05) is 24.3 Å². The number of carbonyl (C=O) groups excluding carboxylic acids is 1. The number of carbonyl (C=O) groups is 1. The monoisotopic (exact) mass is 330 g/mol. The molecule has 7 heteroatoms. The fourth-order valence-corrected chi connectivity index (χ4v) is 3.55. The van der Waals surface area contributed by atoms with Gasteiger partial charge in [-0.3, -0.25) is 4.79 Å². The number of hydrogen-bond donors (Lipinski definition) is 2. The van der Waals surface area contributed by atoms with Crippen LogP contribution in [0.1, 0.15) is 12.8 Å². The van der Waals surface area contributed by atoms with Gasteiger partial charge in [0.1, 0.15) is 0 Å². The van der Waals surface area contributed by atoms with Crippen LogP contribution in [0.3, 0.4) is 0 Å². The topological polar surface area (TPSA) is 89.3 Å². The van der Waals surface area contributed by atoms with E-state index in [1.54, 1.807) is 42.1 Å². The van der Waals surface area contributed by atoms with Crippen molar-refractivity contribution in [2.24, 2.45) is 5.73 Å². The Hall–Kier alpha value is -1.05. The molecule has 1 rings (SSSR count). The highest BCUT2D eigenvalue weighted by atomic mass is 32.2. The second kappa shape index (κ2) is 9.07. The zero-order valence-electron chi connectivity index (χ0n) is 12.1. The van der Waals surface area contributed by atoms with E-state index in [-0.39, 0.29) is 11.7 Å². The highest BCUT2D eigenvalue weighted by Crippen LogP contribution is 2.10. The average molecular weight is 330 g/mol. The Balaban J connectivity index is 2.32. The van der Waals surface area contributed by atoms with Crippen LogP contribution in [0.15, 0.2) is 35.2 Å². The van der Waals surface area contributed by atoms with E-state index in [0.717, 1.165) is 5.75 Å². The van der Waals surface area contributed by atoms with E-state index in [0.29, 0.717) is 24.3 Å². The molecule has 0 aliphatic rings. The molecule has 0 radical (unpaired) electrons. The molecule has 0 aromatic heterocycles. The summed E-state index contributed by atoms with van der Waals surface area (Å²) in [7, 11) is -3.28. The third-order valence-electron chi connectivity index (χ3n) is 2.96. The predicted octanol–water partition coefficient (Wildman–Crippen LogP) is 1.05. The molecule has 0 spiro atoms. The van der Waals surface area contributed by atoms with Gasteiger partial charge in [-0.25, -0.2) is 8.42 Å². The van der Waals surface area contributed by atoms with Crippen molar-refractivity contribution in [1.82, 2.24) is 5.32 Å². The van der Waals surface area contributed by atoms with Gasteiger partial charge in [0.2, 0.25) is 5.91 Å². The predicted molar refractivity (Wildman–Crippen MR) is 87.1 cm³/mol. The van der Waals surface area contributed by atoms with Crippen molar-refractivity contribution in [1.29, 1.82) is 0 Å². The van der Waals surface area contributed by atoms with Crippen LogP contribution in [0, 0.1) is 0 Å². The van der Waals surface area contributed by atoms with Crippen LogP contribution in [0.25, 0.3) is 0 Å². The molecule has 0 bridgehead atoms. The van der Waals surface area contributed by atoms with E-state index in [1.165, 1.54) is 0 Å². The number of thioether (sulfide) groups is 1. The summed E-state index contributed by atoms with van der Waals surface area (Å²) in [5.74, 6) is 0.620. The van der Waals surface area contributed by atoms with Gasteiger partial charge in [-0.2, -0.15) is 11.8 Å². The number of benzene rings is 1. The smallest absolute Gasteiger partial charge is 0.236 e. The maximum atomic E-state index is 12.0. The maximum Gasteiger partial charge on any atom is 0.236 e. The summed E-state index contributed by atoms with van der Waals surface area (Å²) in [4.78, 5) is 12.0. The number of nitrogens with one attached hydrogen (secondary N) is 1. The molecule has 0 heterocycles. The van der Waals surface area contributed by atoms with Gasteiger partial charge < -0.3 is 11.1 Å². The Labute approximate surface area is 130 Å². The average Bonchev–Trinajstić information content (AvgIpc) is 2.49. The van der Waals surface area contributed by atoms with Gasteiger partial charge in [0.25, 0.3) is 0 Å². The van der Waals surface area contributed by atoms with E-state index in [9.17, 15) is 13.2 Å². The van der Waals surface area contributed by atoms with Crippen LogP contribution < -0.4 is 11.1 Å². The van der Waals surface area contributed by atoms with Crippen LogP contribution in [-0.4, -0.2) is 44.7 Å².